The average Bonchev–Trinajstić information content (AvgIpc) is 2.07. The summed E-state index contributed by atoms with van der Waals surface area (Å²) in [4.78, 5) is 26.3. The number of nitrogens with zero attached hydrogens (tertiary/aromatic N) is 2. The first kappa shape index (κ1) is 7.62. The van der Waals surface area contributed by atoms with E-state index >= 15 is 0 Å². The summed E-state index contributed by atoms with van der Waals surface area (Å²) in [5.41, 5.74) is 0. The fourth-order valence-corrected chi connectivity index (χ4v) is 0.517. The van der Waals surface area contributed by atoms with Gasteiger partial charge in [-0.1, -0.05) is 0 Å². The van der Waals surface area contributed by atoms with Gasteiger partial charge in [0, 0.05) is 12.4 Å². The summed E-state index contributed by atoms with van der Waals surface area (Å²) >= 11 is 0. The molecule has 0 saturated heterocycles. The van der Waals surface area contributed by atoms with Crippen LogP contribution in [-0.4, -0.2) is 23.0 Å². The second kappa shape index (κ2) is 3.62. The van der Waals surface area contributed by atoms with Gasteiger partial charge in [-0.3, -0.25) is 4.89 Å². The smallest absolute Gasteiger partial charge is 0.289 e. The summed E-state index contributed by atoms with van der Waals surface area (Å²) in [6.07, 6.45) is 2.89. The maximum absolute atomic E-state index is 10.8. The van der Waals surface area contributed by atoms with E-state index in [-0.39, 0.29) is 5.82 Å². The molecule has 5 nitrogen and oxygen atoms in total. The van der Waals surface area contributed by atoms with Crippen molar-refractivity contribution < 1.29 is 14.6 Å². The van der Waals surface area contributed by atoms with Gasteiger partial charge < -0.3 is 0 Å². The highest BCUT2D eigenvalue weighted by atomic mass is 17.2. The van der Waals surface area contributed by atoms with Crippen LogP contribution in [-0.2, 0) is 9.78 Å². The van der Waals surface area contributed by atoms with Gasteiger partial charge in [0.15, 0.2) is 0 Å². The molecule has 1 aromatic rings. The fraction of sp³-hybridized carbons (Fsp3) is 0.167. The highest BCUT2D eigenvalue weighted by molar-refractivity contribution is 5.84. The van der Waals surface area contributed by atoms with E-state index in [1.54, 1.807) is 6.07 Å². The van der Waals surface area contributed by atoms with E-state index in [0.717, 1.165) is 0 Å². The van der Waals surface area contributed by atoms with Crippen LogP contribution in [0.15, 0.2) is 18.5 Å². The number of carbonyl (C=O) groups is 1. The summed E-state index contributed by atoms with van der Waals surface area (Å²) in [5.74, 6) is -0.720. The lowest BCUT2D eigenvalue weighted by atomic mass is 10.6. The van der Waals surface area contributed by atoms with Crippen LogP contribution in [0.4, 0.5) is 0 Å². The van der Waals surface area contributed by atoms with E-state index in [1.165, 1.54) is 19.5 Å². The lowest BCUT2D eigenvalue weighted by Crippen LogP contribution is -2.08. The Morgan fingerprint density at radius 2 is 2.09 bits per heavy atom. The number of aromatic nitrogens is 2. The Balaban J connectivity index is 2.69. The molecule has 0 aromatic carbocycles. The molecule has 0 radical (unpaired) electrons. The second-order valence-corrected chi connectivity index (χ2v) is 1.61. The monoisotopic (exact) mass is 154 g/mol. The molecule has 0 aliphatic heterocycles. The van der Waals surface area contributed by atoms with E-state index in [1.807, 2.05) is 0 Å². The van der Waals surface area contributed by atoms with Crippen molar-refractivity contribution >= 4 is 5.97 Å². The molecule has 0 N–H and O–H groups in total. The maximum Gasteiger partial charge on any atom is 0.410 e. The van der Waals surface area contributed by atoms with Crippen LogP contribution in [0.1, 0.15) is 10.6 Å². The normalized spacial score (nSPS) is 9.18. The molecule has 1 heterocycles. The zero-order valence-electron chi connectivity index (χ0n) is 5.85. The predicted octanol–water partition coefficient (Wildman–Crippen LogP) is 0.195. The summed E-state index contributed by atoms with van der Waals surface area (Å²) in [5, 5.41) is 0. The Labute approximate surface area is 62.9 Å². The van der Waals surface area contributed by atoms with Crippen molar-refractivity contribution in [3.05, 3.63) is 24.3 Å². The quantitative estimate of drug-likeness (QED) is 0.449. The molecule has 0 aliphatic carbocycles. The molecule has 0 aliphatic rings. The molecule has 0 amide bonds. The van der Waals surface area contributed by atoms with E-state index in [9.17, 15) is 4.79 Å². The van der Waals surface area contributed by atoms with E-state index in [2.05, 4.69) is 19.7 Å². The minimum atomic E-state index is -0.701. The Kier molecular flexibility index (Phi) is 2.51. The Morgan fingerprint density at radius 1 is 1.45 bits per heavy atom. The fourth-order valence-electron chi connectivity index (χ4n) is 0.517. The van der Waals surface area contributed by atoms with Gasteiger partial charge in [-0.25, -0.2) is 14.8 Å². The van der Waals surface area contributed by atoms with Crippen molar-refractivity contribution in [1.29, 1.82) is 0 Å². The Bertz CT molecular complexity index is 237. The van der Waals surface area contributed by atoms with E-state index in [4.69, 9.17) is 0 Å². The molecule has 0 unspecified atom stereocenters. The van der Waals surface area contributed by atoms with Crippen molar-refractivity contribution in [2.45, 2.75) is 0 Å². The molecule has 0 atom stereocenters. The summed E-state index contributed by atoms with van der Waals surface area (Å²) in [6.45, 7) is 0. The lowest BCUT2D eigenvalue weighted by Gasteiger charge is -1.95. The van der Waals surface area contributed by atoms with E-state index in [0.29, 0.717) is 0 Å². The first-order valence-electron chi connectivity index (χ1n) is 2.86. The number of rotatable bonds is 2. The van der Waals surface area contributed by atoms with Gasteiger partial charge in [0.05, 0.1) is 7.11 Å². The zero-order valence-corrected chi connectivity index (χ0v) is 5.85. The SMILES string of the molecule is COOC(=O)c1ncccn1. The standard InChI is InChI=1S/C6H6N2O3/c1-10-11-6(9)5-7-3-2-4-8-5/h2-4H,1H3. The largest absolute Gasteiger partial charge is 0.410 e. The molecule has 5 heteroatoms. The van der Waals surface area contributed by atoms with Crippen LogP contribution in [0.2, 0.25) is 0 Å². The third-order valence-corrected chi connectivity index (χ3v) is 0.907. The van der Waals surface area contributed by atoms with Crippen molar-refractivity contribution in [1.82, 2.24) is 9.97 Å². The van der Waals surface area contributed by atoms with Crippen LogP contribution in [0.5, 0.6) is 0 Å². The Morgan fingerprint density at radius 3 is 2.64 bits per heavy atom. The molecule has 0 saturated carbocycles. The summed E-state index contributed by atoms with van der Waals surface area (Å²) in [7, 11) is 1.24. The molecule has 11 heavy (non-hydrogen) atoms. The third kappa shape index (κ3) is 1.98. The van der Waals surface area contributed by atoms with Crippen LogP contribution in [0.3, 0.4) is 0 Å². The van der Waals surface area contributed by atoms with Crippen molar-refractivity contribution in [3.63, 3.8) is 0 Å². The van der Waals surface area contributed by atoms with Gasteiger partial charge in [-0.2, -0.15) is 4.89 Å². The highest BCUT2D eigenvalue weighted by Crippen LogP contribution is 1.90. The van der Waals surface area contributed by atoms with Crippen LogP contribution in [0, 0.1) is 0 Å². The molecular formula is C6H6N2O3. The van der Waals surface area contributed by atoms with Crippen LogP contribution in [0.25, 0.3) is 0 Å². The average molecular weight is 154 g/mol. The summed E-state index contributed by atoms with van der Waals surface area (Å²) in [6, 6.07) is 1.60. The minimum absolute atomic E-state index is 0.0191. The predicted molar refractivity (Wildman–Crippen MR) is 34.5 cm³/mol. The van der Waals surface area contributed by atoms with Crippen molar-refractivity contribution in [2.75, 3.05) is 7.11 Å². The third-order valence-electron chi connectivity index (χ3n) is 0.907. The molecule has 1 aromatic heterocycles. The lowest BCUT2D eigenvalue weighted by molar-refractivity contribution is -0.216. The molecule has 0 fully saturated rings. The molecule has 0 spiro atoms. The van der Waals surface area contributed by atoms with Crippen molar-refractivity contribution in [3.8, 4) is 0 Å². The zero-order chi connectivity index (χ0) is 8.10. The maximum atomic E-state index is 10.8. The van der Waals surface area contributed by atoms with Crippen LogP contribution < -0.4 is 0 Å². The van der Waals surface area contributed by atoms with Gasteiger partial charge in [-0.05, 0) is 6.07 Å². The minimum Gasteiger partial charge on any atom is -0.289 e. The van der Waals surface area contributed by atoms with Gasteiger partial charge in [-0.15, -0.1) is 0 Å². The van der Waals surface area contributed by atoms with Gasteiger partial charge in [0.25, 0.3) is 0 Å². The second-order valence-electron chi connectivity index (χ2n) is 1.61. The molecular weight excluding hydrogens is 148 g/mol. The number of hydrogen-bond donors (Lipinski definition) is 0. The van der Waals surface area contributed by atoms with Gasteiger partial charge in [0.1, 0.15) is 0 Å². The molecule has 1 rings (SSSR count). The topological polar surface area (TPSA) is 61.3 Å². The van der Waals surface area contributed by atoms with Crippen LogP contribution >= 0.6 is 0 Å². The first-order valence-corrected chi connectivity index (χ1v) is 2.86. The van der Waals surface area contributed by atoms with E-state index < -0.39 is 5.97 Å². The number of carbonyl (C=O) groups excluding carboxylic acids is 1. The number of hydrogen-bond acceptors (Lipinski definition) is 5. The first-order chi connectivity index (χ1) is 5.34. The summed E-state index contributed by atoms with van der Waals surface area (Å²) < 4.78 is 0. The molecule has 58 valence electrons. The molecule has 0 bridgehead atoms. The van der Waals surface area contributed by atoms with Gasteiger partial charge >= 0.3 is 5.97 Å². The van der Waals surface area contributed by atoms with Gasteiger partial charge in [0.2, 0.25) is 5.82 Å². The Hall–Kier alpha value is -1.49. The van der Waals surface area contributed by atoms with Crippen molar-refractivity contribution in [2.24, 2.45) is 0 Å². The highest BCUT2D eigenvalue weighted by Gasteiger charge is 2.08.